The molecule has 1 unspecified atom stereocenters. The normalized spacial score (nSPS) is 17.6. The molecule has 0 aliphatic carbocycles. The lowest BCUT2D eigenvalue weighted by atomic mass is 9.95. The number of ketones is 1. The van der Waals surface area contributed by atoms with Gasteiger partial charge in [-0.15, -0.1) is 0 Å². The molecule has 5 nitrogen and oxygen atoms in total. The van der Waals surface area contributed by atoms with Crippen LogP contribution in [0.5, 0.6) is 5.75 Å². The van der Waals surface area contributed by atoms with E-state index in [0.717, 1.165) is 0 Å². The van der Waals surface area contributed by atoms with Gasteiger partial charge in [-0.3, -0.25) is 14.5 Å². The van der Waals surface area contributed by atoms with E-state index in [0.29, 0.717) is 40.1 Å². The molecule has 3 aromatic rings. The van der Waals surface area contributed by atoms with Crippen LogP contribution in [0.2, 0.25) is 5.02 Å². The largest absolute Gasteiger partial charge is 0.507 e. The molecule has 0 aromatic heterocycles. The van der Waals surface area contributed by atoms with E-state index in [1.807, 2.05) is 6.07 Å². The number of carbonyl (C=O) groups excluding carboxylic acids is 2. The smallest absolute Gasteiger partial charge is 0.300 e. The molecular weight excluding hydrogens is 438 g/mol. The summed E-state index contributed by atoms with van der Waals surface area (Å²) in [6.07, 6.45) is 0. The quantitative estimate of drug-likeness (QED) is 0.277. The number of amides is 1. The van der Waals surface area contributed by atoms with Crippen LogP contribution in [0, 0.1) is 5.92 Å². The van der Waals surface area contributed by atoms with Gasteiger partial charge in [-0.25, -0.2) is 0 Å². The average Bonchev–Trinajstić information content (AvgIpc) is 3.09. The molecule has 4 rings (SSSR count). The maximum atomic E-state index is 13.1. The van der Waals surface area contributed by atoms with Crippen molar-refractivity contribution in [1.29, 1.82) is 0 Å². The lowest BCUT2D eigenvalue weighted by Gasteiger charge is -2.25. The fourth-order valence-corrected chi connectivity index (χ4v) is 3.90. The first-order valence-electron chi connectivity index (χ1n) is 10.7. The Bertz CT molecular complexity index is 1190. The highest BCUT2D eigenvalue weighted by Crippen LogP contribution is 2.42. The Balaban J connectivity index is 1.80. The molecule has 0 bridgehead atoms. The number of aliphatic hydroxyl groups is 1. The van der Waals surface area contributed by atoms with Crippen molar-refractivity contribution in [1.82, 2.24) is 0 Å². The van der Waals surface area contributed by atoms with Gasteiger partial charge in [-0.1, -0.05) is 55.8 Å². The number of halogens is 1. The van der Waals surface area contributed by atoms with Gasteiger partial charge in [0.1, 0.15) is 11.5 Å². The first-order valence-corrected chi connectivity index (χ1v) is 11.1. The van der Waals surface area contributed by atoms with Crippen molar-refractivity contribution in [3.63, 3.8) is 0 Å². The lowest BCUT2D eigenvalue weighted by molar-refractivity contribution is -0.132. The predicted octanol–water partition coefficient (Wildman–Crippen LogP) is 6.00. The summed E-state index contributed by atoms with van der Waals surface area (Å²) in [5, 5.41) is 11.7. The number of hydrogen-bond donors (Lipinski definition) is 1. The molecule has 1 heterocycles. The summed E-state index contributed by atoms with van der Waals surface area (Å²) in [6, 6.07) is 21.9. The topological polar surface area (TPSA) is 66.8 Å². The minimum atomic E-state index is -0.790. The van der Waals surface area contributed by atoms with Crippen LogP contribution in [0.15, 0.2) is 84.4 Å². The zero-order valence-electron chi connectivity index (χ0n) is 18.4. The van der Waals surface area contributed by atoms with E-state index >= 15 is 0 Å². The number of Topliss-reactive ketones (excluding diaryl/α,β-unsaturated/α-hetero) is 1. The monoisotopic (exact) mass is 461 g/mol. The Labute approximate surface area is 197 Å². The molecular formula is C27H24ClNO4. The zero-order valence-corrected chi connectivity index (χ0v) is 19.1. The second kappa shape index (κ2) is 9.51. The number of benzene rings is 3. The highest BCUT2D eigenvalue weighted by Gasteiger charge is 2.46. The Morgan fingerprint density at radius 2 is 1.61 bits per heavy atom. The predicted molar refractivity (Wildman–Crippen MR) is 129 cm³/mol. The standard InChI is InChI=1S/C27H24ClNO4/c1-17(2)16-33-22-14-10-19(11-15-22)25(30)23-24(18-8-12-20(28)13-9-18)29(27(32)26(23)31)21-6-4-3-5-7-21/h3-15,17,24,30H,16H2,1-2H3/b25-23-. The van der Waals surface area contributed by atoms with Gasteiger partial charge in [0.05, 0.1) is 18.2 Å². The third kappa shape index (κ3) is 4.64. The van der Waals surface area contributed by atoms with Crippen LogP contribution in [-0.2, 0) is 9.59 Å². The van der Waals surface area contributed by atoms with Crippen molar-refractivity contribution in [3.05, 3.63) is 101 Å². The van der Waals surface area contributed by atoms with Crippen LogP contribution >= 0.6 is 11.6 Å². The fourth-order valence-electron chi connectivity index (χ4n) is 3.78. The Hall–Kier alpha value is -3.57. The van der Waals surface area contributed by atoms with Crippen LogP contribution in [0.1, 0.15) is 31.0 Å². The highest BCUT2D eigenvalue weighted by molar-refractivity contribution is 6.51. The molecule has 168 valence electrons. The Kier molecular flexibility index (Phi) is 6.52. The van der Waals surface area contributed by atoms with Gasteiger partial charge >= 0.3 is 0 Å². The number of carbonyl (C=O) groups is 2. The van der Waals surface area contributed by atoms with E-state index in [9.17, 15) is 14.7 Å². The number of hydrogen-bond acceptors (Lipinski definition) is 4. The molecule has 1 fully saturated rings. The van der Waals surface area contributed by atoms with E-state index in [2.05, 4.69) is 13.8 Å². The summed E-state index contributed by atoms with van der Waals surface area (Å²) in [5.41, 5.74) is 1.69. The van der Waals surface area contributed by atoms with Gasteiger partial charge in [-0.2, -0.15) is 0 Å². The van der Waals surface area contributed by atoms with Crippen molar-refractivity contribution in [3.8, 4) is 5.75 Å². The van der Waals surface area contributed by atoms with Gasteiger partial charge in [0.2, 0.25) is 0 Å². The Morgan fingerprint density at radius 3 is 2.21 bits per heavy atom. The van der Waals surface area contributed by atoms with Crippen molar-refractivity contribution >= 4 is 34.7 Å². The molecule has 1 amide bonds. The van der Waals surface area contributed by atoms with Crippen molar-refractivity contribution in [2.24, 2.45) is 5.92 Å². The maximum Gasteiger partial charge on any atom is 0.300 e. The van der Waals surface area contributed by atoms with Gasteiger partial charge in [0.15, 0.2) is 0 Å². The molecule has 0 saturated carbocycles. The van der Waals surface area contributed by atoms with Gasteiger partial charge in [0.25, 0.3) is 11.7 Å². The van der Waals surface area contributed by atoms with Crippen LogP contribution in [0.3, 0.4) is 0 Å². The molecule has 1 aliphatic heterocycles. The number of para-hydroxylation sites is 1. The lowest BCUT2D eigenvalue weighted by Crippen LogP contribution is -2.29. The van der Waals surface area contributed by atoms with Gasteiger partial charge in [0, 0.05) is 16.3 Å². The van der Waals surface area contributed by atoms with Crippen LogP contribution < -0.4 is 9.64 Å². The minimum absolute atomic E-state index is 0.0297. The fraction of sp³-hybridized carbons (Fsp3) is 0.185. The summed E-state index contributed by atoms with van der Waals surface area (Å²) in [7, 11) is 0. The summed E-state index contributed by atoms with van der Waals surface area (Å²) < 4.78 is 5.70. The first kappa shape index (κ1) is 22.6. The Morgan fingerprint density at radius 1 is 0.970 bits per heavy atom. The zero-order chi connectivity index (χ0) is 23.5. The van der Waals surface area contributed by atoms with Crippen molar-refractivity contribution in [2.75, 3.05) is 11.5 Å². The summed E-state index contributed by atoms with van der Waals surface area (Å²) >= 11 is 6.06. The third-order valence-electron chi connectivity index (χ3n) is 5.38. The van der Waals surface area contributed by atoms with E-state index < -0.39 is 17.7 Å². The molecule has 3 aromatic carbocycles. The van der Waals surface area contributed by atoms with E-state index in [-0.39, 0.29) is 11.3 Å². The first-order chi connectivity index (χ1) is 15.9. The van der Waals surface area contributed by atoms with Crippen LogP contribution in [-0.4, -0.2) is 23.4 Å². The average molecular weight is 462 g/mol. The summed E-state index contributed by atoms with van der Waals surface area (Å²) in [6.45, 7) is 4.69. The van der Waals surface area contributed by atoms with Gasteiger partial charge < -0.3 is 9.84 Å². The van der Waals surface area contributed by atoms with Crippen molar-refractivity contribution < 1.29 is 19.4 Å². The van der Waals surface area contributed by atoms with E-state index in [1.54, 1.807) is 72.8 Å². The number of ether oxygens (including phenoxy) is 1. The molecule has 1 atom stereocenters. The number of anilines is 1. The number of nitrogens with zero attached hydrogens (tertiary/aromatic N) is 1. The maximum absolute atomic E-state index is 13.1. The molecule has 0 radical (unpaired) electrons. The van der Waals surface area contributed by atoms with Crippen LogP contribution in [0.4, 0.5) is 5.69 Å². The third-order valence-corrected chi connectivity index (χ3v) is 5.63. The van der Waals surface area contributed by atoms with Crippen LogP contribution in [0.25, 0.3) is 5.76 Å². The summed E-state index contributed by atoms with van der Waals surface area (Å²) in [5.74, 6) is -0.621. The summed E-state index contributed by atoms with van der Waals surface area (Å²) in [4.78, 5) is 27.6. The molecule has 1 N–H and O–H groups in total. The molecule has 33 heavy (non-hydrogen) atoms. The van der Waals surface area contributed by atoms with Gasteiger partial charge in [-0.05, 0) is 60.0 Å². The second-order valence-corrected chi connectivity index (χ2v) is 8.72. The second-order valence-electron chi connectivity index (χ2n) is 8.29. The number of aliphatic hydroxyl groups excluding tert-OH is 1. The van der Waals surface area contributed by atoms with E-state index in [1.165, 1.54) is 4.90 Å². The van der Waals surface area contributed by atoms with E-state index in [4.69, 9.17) is 16.3 Å². The molecule has 1 aliphatic rings. The minimum Gasteiger partial charge on any atom is -0.507 e. The number of rotatable bonds is 6. The van der Waals surface area contributed by atoms with Crippen molar-refractivity contribution in [2.45, 2.75) is 19.9 Å². The molecule has 0 spiro atoms. The SMILES string of the molecule is CC(C)COc1ccc(/C(O)=C2/C(=O)C(=O)N(c3ccccc3)C2c2ccc(Cl)cc2)cc1. The molecule has 6 heteroatoms. The highest BCUT2D eigenvalue weighted by atomic mass is 35.5. The molecule has 1 saturated heterocycles.